The Hall–Kier alpha value is -2.58. The van der Waals surface area contributed by atoms with Gasteiger partial charge in [-0.25, -0.2) is 4.98 Å². The van der Waals surface area contributed by atoms with E-state index in [1.165, 1.54) is 11.9 Å². The van der Waals surface area contributed by atoms with Crippen molar-refractivity contribution in [2.45, 2.75) is 26.1 Å². The van der Waals surface area contributed by atoms with Crippen LogP contribution in [0.4, 0.5) is 0 Å². The first kappa shape index (κ1) is 15.9. The van der Waals surface area contributed by atoms with E-state index >= 15 is 0 Å². The van der Waals surface area contributed by atoms with Crippen LogP contribution in [-0.2, 0) is 17.8 Å². The van der Waals surface area contributed by atoms with Crippen molar-refractivity contribution in [2.75, 3.05) is 19.7 Å². The van der Waals surface area contributed by atoms with Gasteiger partial charge in [-0.3, -0.25) is 9.58 Å². The summed E-state index contributed by atoms with van der Waals surface area (Å²) >= 11 is 0. The topological polar surface area (TPSA) is 82.1 Å². The zero-order valence-electron chi connectivity index (χ0n) is 14.1. The lowest BCUT2D eigenvalue weighted by Crippen LogP contribution is -2.43. The molecule has 1 saturated heterocycles. The van der Waals surface area contributed by atoms with Gasteiger partial charge in [0.05, 0.1) is 25.8 Å². The van der Waals surface area contributed by atoms with Crippen molar-refractivity contribution in [1.82, 2.24) is 29.8 Å². The summed E-state index contributed by atoms with van der Waals surface area (Å²) in [5, 5.41) is 8.25. The lowest BCUT2D eigenvalue weighted by Gasteiger charge is -2.31. The number of rotatable bonds is 5. The van der Waals surface area contributed by atoms with Crippen molar-refractivity contribution < 1.29 is 9.26 Å². The first-order valence-corrected chi connectivity index (χ1v) is 8.32. The average Bonchev–Trinajstić information content (AvgIpc) is 3.27. The zero-order chi connectivity index (χ0) is 17.1. The summed E-state index contributed by atoms with van der Waals surface area (Å²) in [6, 6.07) is 8.06. The molecule has 1 aliphatic heterocycles. The predicted octanol–water partition coefficient (Wildman–Crippen LogP) is 1.54. The molecule has 0 saturated carbocycles. The zero-order valence-corrected chi connectivity index (χ0v) is 14.1. The molecule has 0 spiro atoms. The lowest BCUT2D eigenvalue weighted by atomic mass is 10.1. The minimum absolute atomic E-state index is 0.0820. The third-order valence-electron chi connectivity index (χ3n) is 4.18. The Morgan fingerprint density at radius 1 is 1.32 bits per heavy atom. The van der Waals surface area contributed by atoms with Crippen LogP contribution in [0.5, 0.6) is 0 Å². The van der Waals surface area contributed by atoms with E-state index in [2.05, 4.69) is 25.1 Å². The molecule has 25 heavy (non-hydrogen) atoms. The van der Waals surface area contributed by atoms with E-state index in [-0.39, 0.29) is 6.10 Å². The molecule has 1 atom stereocenters. The first-order valence-electron chi connectivity index (χ1n) is 8.32. The highest BCUT2D eigenvalue weighted by molar-refractivity contribution is 5.53. The summed E-state index contributed by atoms with van der Waals surface area (Å²) in [5.74, 6) is 1.25. The normalized spacial score (nSPS) is 18.5. The molecule has 2 aromatic heterocycles. The molecule has 3 aromatic rings. The van der Waals surface area contributed by atoms with Gasteiger partial charge in [-0.2, -0.15) is 10.1 Å². The maximum atomic E-state index is 5.81. The van der Waals surface area contributed by atoms with Crippen LogP contribution in [0.15, 0.2) is 41.4 Å². The molecule has 4 rings (SSSR count). The van der Waals surface area contributed by atoms with Crippen molar-refractivity contribution >= 4 is 0 Å². The van der Waals surface area contributed by atoms with Crippen molar-refractivity contribution in [2.24, 2.45) is 0 Å². The number of hydrogen-bond donors (Lipinski definition) is 0. The monoisotopic (exact) mass is 340 g/mol. The number of aromatic nitrogens is 5. The van der Waals surface area contributed by atoms with Crippen molar-refractivity contribution in [1.29, 1.82) is 0 Å². The second kappa shape index (κ2) is 7.12. The second-order valence-corrected chi connectivity index (χ2v) is 6.23. The summed E-state index contributed by atoms with van der Waals surface area (Å²) < 4.78 is 13.0. The third-order valence-corrected chi connectivity index (χ3v) is 4.18. The van der Waals surface area contributed by atoms with Gasteiger partial charge in [0, 0.05) is 18.7 Å². The molecule has 0 aliphatic carbocycles. The van der Waals surface area contributed by atoms with E-state index in [0.717, 1.165) is 18.7 Å². The van der Waals surface area contributed by atoms with Crippen LogP contribution >= 0.6 is 0 Å². The Bertz CT molecular complexity index is 816. The fourth-order valence-electron chi connectivity index (χ4n) is 2.98. The van der Waals surface area contributed by atoms with Gasteiger partial charge in [0.15, 0.2) is 5.82 Å². The number of morpholine rings is 1. The van der Waals surface area contributed by atoms with Gasteiger partial charge in [0.1, 0.15) is 12.7 Å². The summed E-state index contributed by atoms with van der Waals surface area (Å²) in [7, 11) is 0. The standard InChI is InChI=1S/C17H20N6O2/c1-13-3-2-4-14(7-13)17-20-16(21-25-17)10-22-5-6-24-15(8-22)9-23-12-18-11-19-23/h2-4,7,11-12,15H,5-6,8-10H2,1H3/t15-/m1/s1. The molecule has 3 heterocycles. The molecule has 8 heteroatoms. The highest BCUT2D eigenvalue weighted by atomic mass is 16.5. The minimum Gasteiger partial charge on any atom is -0.374 e. The Morgan fingerprint density at radius 2 is 2.28 bits per heavy atom. The maximum absolute atomic E-state index is 5.81. The van der Waals surface area contributed by atoms with E-state index in [1.807, 2.05) is 31.2 Å². The van der Waals surface area contributed by atoms with Gasteiger partial charge < -0.3 is 9.26 Å². The average molecular weight is 340 g/mol. The lowest BCUT2D eigenvalue weighted by molar-refractivity contribution is -0.0411. The Kier molecular flexibility index (Phi) is 4.53. The van der Waals surface area contributed by atoms with Crippen LogP contribution in [0.2, 0.25) is 0 Å². The van der Waals surface area contributed by atoms with Crippen molar-refractivity contribution in [3.05, 3.63) is 48.3 Å². The Labute approximate surface area is 145 Å². The Morgan fingerprint density at radius 3 is 3.12 bits per heavy atom. The summed E-state index contributed by atoms with van der Waals surface area (Å²) in [4.78, 5) is 10.8. The van der Waals surface area contributed by atoms with Gasteiger partial charge in [-0.05, 0) is 19.1 Å². The van der Waals surface area contributed by atoms with E-state index in [4.69, 9.17) is 9.26 Å². The van der Waals surface area contributed by atoms with Crippen molar-refractivity contribution in [3.8, 4) is 11.5 Å². The quantitative estimate of drug-likeness (QED) is 0.697. The molecule has 1 fully saturated rings. The number of benzene rings is 1. The third kappa shape index (κ3) is 3.92. The number of hydrogen-bond acceptors (Lipinski definition) is 7. The fraction of sp³-hybridized carbons (Fsp3) is 0.412. The van der Waals surface area contributed by atoms with Crippen LogP contribution in [0.1, 0.15) is 11.4 Å². The molecule has 0 unspecified atom stereocenters. The van der Waals surface area contributed by atoms with Crippen LogP contribution in [0.25, 0.3) is 11.5 Å². The van der Waals surface area contributed by atoms with E-state index < -0.39 is 0 Å². The molecule has 0 amide bonds. The highest BCUT2D eigenvalue weighted by Gasteiger charge is 2.22. The van der Waals surface area contributed by atoms with E-state index in [0.29, 0.717) is 31.4 Å². The number of nitrogens with zero attached hydrogens (tertiary/aromatic N) is 6. The largest absolute Gasteiger partial charge is 0.374 e. The minimum atomic E-state index is 0.0820. The predicted molar refractivity (Wildman–Crippen MR) is 89.5 cm³/mol. The van der Waals surface area contributed by atoms with Crippen LogP contribution in [-0.4, -0.2) is 55.6 Å². The van der Waals surface area contributed by atoms with Gasteiger partial charge in [-0.1, -0.05) is 22.9 Å². The molecule has 0 radical (unpaired) electrons. The Balaban J connectivity index is 1.38. The van der Waals surface area contributed by atoms with Crippen LogP contribution in [0, 0.1) is 6.92 Å². The molecule has 8 nitrogen and oxygen atoms in total. The smallest absolute Gasteiger partial charge is 0.257 e. The molecular formula is C17H20N6O2. The molecule has 1 aromatic carbocycles. The first-order chi connectivity index (χ1) is 12.3. The summed E-state index contributed by atoms with van der Waals surface area (Å²) in [6.45, 7) is 5.71. The van der Waals surface area contributed by atoms with Gasteiger partial charge in [-0.15, -0.1) is 0 Å². The molecule has 1 aliphatic rings. The fourth-order valence-corrected chi connectivity index (χ4v) is 2.98. The maximum Gasteiger partial charge on any atom is 0.257 e. The molecular weight excluding hydrogens is 320 g/mol. The number of aryl methyl sites for hydroxylation is 1. The van der Waals surface area contributed by atoms with Crippen molar-refractivity contribution in [3.63, 3.8) is 0 Å². The molecule has 0 N–H and O–H groups in total. The van der Waals surface area contributed by atoms with E-state index in [1.54, 1.807) is 11.0 Å². The highest BCUT2D eigenvalue weighted by Crippen LogP contribution is 2.19. The van der Waals surface area contributed by atoms with Gasteiger partial charge in [0.25, 0.3) is 5.89 Å². The van der Waals surface area contributed by atoms with Gasteiger partial charge in [0.2, 0.25) is 0 Å². The van der Waals surface area contributed by atoms with Gasteiger partial charge >= 0.3 is 0 Å². The molecule has 0 bridgehead atoms. The summed E-state index contributed by atoms with van der Waals surface area (Å²) in [5.41, 5.74) is 2.12. The SMILES string of the molecule is Cc1cccc(-c2nc(CN3CCO[C@@H](Cn4cncn4)C3)no2)c1. The van der Waals surface area contributed by atoms with E-state index in [9.17, 15) is 0 Å². The number of ether oxygens (including phenoxy) is 1. The summed E-state index contributed by atoms with van der Waals surface area (Å²) in [6.07, 6.45) is 3.32. The van der Waals surface area contributed by atoms with Crippen LogP contribution < -0.4 is 0 Å². The molecule has 130 valence electrons. The van der Waals surface area contributed by atoms with Crippen LogP contribution in [0.3, 0.4) is 0 Å². The second-order valence-electron chi connectivity index (χ2n) is 6.23.